The topological polar surface area (TPSA) is 114 Å². The summed E-state index contributed by atoms with van der Waals surface area (Å²) >= 11 is 1.08. The highest BCUT2D eigenvalue weighted by Gasteiger charge is 2.14. The van der Waals surface area contributed by atoms with E-state index in [1.165, 1.54) is 23.8 Å². The van der Waals surface area contributed by atoms with E-state index in [9.17, 15) is 14.4 Å². The van der Waals surface area contributed by atoms with Gasteiger partial charge in [0.05, 0.1) is 29.3 Å². The summed E-state index contributed by atoms with van der Waals surface area (Å²) in [4.78, 5) is 40.0. The summed E-state index contributed by atoms with van der Waals surface area (Å²) in [5.41, 5.74) is 5.60. The fourth-order valence-corrected chi connectivity index (χ4v) is 3.02. The fourth-order valence-electron chi connectivity index (χ4n) is 2.26. The Balaban J connectivity index is 2.53. The summed E-state index contributed by atoms with van der Waals surface area (Å²) in [6.07, 6.45) is 0.619. The number of carbonyl (C=O) groups excluding carboxylic acids is 2. The van der Waals surface area contributed by atoms with Crippen molar-refractivity contribution in [2.45, 2.75) is 18.1 Å². The molecule has 0 aliphatic rings. The van der Waals surface area contributed by atoms with Gasteiger partial charge in [-0.15, -0.1) is 0 Å². The number of hydrogen-bond acceptors (Lipinski definition) is 7. The molecule has 0 aliphatic heterocycles. The normalized spacial score (nSPS) is 10.8. The number of aromatic nitrogens is 2. The predicted molar refractivity (Wildman–Crippen MR) is 93.8 cm³/mol. The first-order valence-electron chi connectivity index (χ1n) is 7.51. The molecule has 25 heavy (non-hydrogen) atoms. The molecule has 0 bridgehead atoms. The number of ether oxygens (including phenoxy) is 2. The van der Waals surface area contributed by atoms with Crippen LogP contribution in [-0.2, 0) is 20.8 Å². The lowest BCUT2D eigenvalue weighted by Gasteiger charge is -2.13. The van der Waals surface area contributed by atoms with Crippen LogP contribution >= 0.6 is 11.8 Å². The van der Waals surface area contributed by atoms with Crippen molar-refractivity contribution in [3.05, 3.63) is 34.1 Å². The van der Waals surface area contributed by atoms with E-state index in [2.05, 4.69) is 9.72 Å². The molecule has 134 valence electrons. The standard InChI is InChI=1S/C16H19N3O5S/c1-23-7-3-6-19-14(21)11-5-4-10(15(22)24-2)8-12(11)18-16(19)25-9-13(17)20/h4-5,8H,3,6-7,9H2,1-2H3,(H2,17,20). The molecule has 0 radical (unpaired) electrons. The maximum Gasteiger partial charge on any atom is 0.337 e. The maximum absolute atomic E-state index is 12.8. The van der Waals surface area contributed by atoms with E-state index >= 15 is 0 Å². The molecule has 1 amide bonds. The monoisotopic (exact) mass is 365 g/mol. The van der Waals surface area contributed by atoms with Gasteiger partial charge in [0.25, 0.3) is 5.56 Å². The number of hydrogen-bond donors (Lipinski definition) is 1. The number of amides is 1. The largest absolute Gasteiger partial charge is 0.465 e. The summed E-state index contributed by atoms with van der Waals surface area (Å²) in [5.74, 6) is -1.02. The molecular formula is C16H19N3O5S. The van der Waals surface area contributed by atoms with Crippen LogP contribution in [0.1, 0.15) is 16.8 Å². The molecular weight excluding hydrogens is 346 g/mol. The summed E-state index contributed by atoms with van der Waals surface area (Å²) in [7, 11) is 2.86. The van der Waals surface area contributed by atoms with E-state index in [4.69, 9.17) is 10.5 Å². The van der Waals surface area contributed by atoms with Crippen molar-refractivity contribution in [1.29, 1.82) is 0 Å². The number of esters is 1. The van der Waals surface area contributed by atoms with E-state index in [-0.39, 0.29) is 11.3 Å². The van der Waals surface area contributed by atoms with Gasteiger partial charge in [0.1, 0.15) is 0 Å². The Morgan fingerprint density at radius 1 is 1.32 bits per heavy atom. The Morgan fingerprint density at radius 3 is 2.72 bits per heavy atom. The van der Waals surface area contributed by atoms with Gasteiger partial charge in [0, 0.05) is 20.3 Å². The zero-order valence-electron chi connectivity index (χ0n) is 14.0. The number of primary amides is 1. The van der Waals surface area contributed by atoms with Crippen LogP contribution in [0.4, 0.5) is 0 Å². The Kier molecular flexibility index (Phi) is 6.54. The van der Waals surface area contributed by atoms with E-state index in [0.717, 1.165) is 11.8 Å². The highest BCUT2D eigenvalue weighted by molar-refractivity contribution is 7.99. The van der Waals surface area contributed by atoms with E-state index in [0.29, 0.717) is 41.2 Å². The van der Waals surface area contributed by atoms with Crippen LogP contribution in [0.15, 0.2) is 28.2 Å². The highest BCUT2D eigenvalue weighted by atomic mass is 32.2. The van der Waals surface area contributed by atoms with Gasteiger partial charge < -0.3 is 15.2 Å². The SMILES string of the molecule is COCCCn1c(SCC(N)=O)nc2cc(C(=O)OC)ccc2c1=O. The highest BCUT2D eigenvalue weighted by Crippen LogP contribution is 2.19. The van der Waals surface area contributed by atoms with Gasteiger partial charge in [0.15, 0.2) is 5.16 Å². The quantitative estimate of drug-likeness (QED) is 0.318. The number of nitrogens with two attached hydrogens (primary N) is 1. The molecule has 0 spiro atoms. The second-order valence-electron chi connectivity index (χ2n) is 5.18. The Hall–Kier alpha value is -2.39. The van der Waals surface area contributed by atoms with Gasteiger partial charge in [-0.25, -0.2) is 9.78 Å². The molecule has 0 unspecified atom stereocenters. The number of fused-ring (bicyclic) bond motifs is 1. The van der Waals surface area contributed by atoms with Crippen LogP contribution in [0.3, 0.4) is 0 Å². The van der Waals surface area contributed by atoms with Gasteiger partial charge in [-0.3, -0.25) is 14.2 Å². The van der Waals surface area contributed by atoms with Crippen molar-refractivity contribution in [1.82, 2.24) is 9.55 Å². The zero-order chi connectivity index (χ0) is 18.4. The second-order valence-corrected chi connectivity index (χ2v) is 6.12. The predicted octanol–water partition coefficient (Wildman–Crippen LogP) is 0.797. The molecule has 8 nitrogen and oxygen atoms in total. The van der Waals surface area contributed by atoms with Crippen molar-refractivity contribution >= 4 is 34.5 Å². The molecule has 0 fully saturated rings. The second kappa shape index (κ2) is 8.63. The minimum absolute atomic E-state index is 0.00107. The zero-order valence-corrected chi connectivity index (χ0v) is 14.8. The molecule has 0 atom stereocenters. The molecule has 2 aromatic rings. The lowest BCUT2D eigenvalue weighted by Crippen LogP contribution is -2.25. The first-order chi connectivity index (χ1) is 12.0. The van der Waals surface area contributed by atoms with Crippen molar-refractivity contribution in [2.75, 3.05) is 26.6 Å². The third-order valence-corrected chi connectivity index (χ3v) is 4.41. The van der Waals surface area contributed by atoms with Gasteiger partial charge in [-0.1, -0.05) is 11.8 Å². The first-order valence-corrected chi connectivity index (χ1v) is 8.49. The van der Waals surface area contributed by atoms with Crippen LogP contribution in [0.5, 0.6) is 0 Å². The number of methoxy groups -OCH3 is 2. The molecule has 0 saturated carbocycles. The van der Waals surface area contributed by atoms with Gasteiger partial charge >= 0.3 is 5.97 Å². The average molecular weight is 365 g/mol. The van der Waals surface area contributed by atoms with Crippen molar-refractivity contribution in [3.8, 4) is 0 Å². The molecule has 0 saturated heterocycles. The minimum Gasteiger partial charge on any atom is -0.465 e. The van der Waals surface area contributed by atoms with Crippen molar-refractivity contribution in [2.24, 2.45) is 5.73 Å². The van der Waals surface area contributed by atoms with E-state index < -0.39 is 11.9 Å². The molecule has 2 rings (SSSR count). The molecule has 0 aliphatic carbocycles. The van der Waals surface area contributed by atoms with Gasteiger partial charge in [-0.05, 0) is 24.6 Å². The maximum atomic E-state index is 12.8. The Morgan fingerprint density at radius 2 is 2.08 bits per heavy atom. The number of rotatable bonds is 8. The van der Waals surface area contributed by atoms with Gasteiger partial charge in [0.2, 0.25) is 5.91 Å². The number of thioether (sulfide) groups is 1. The molecule has 2 N–H and O–H groups in total. The minimum atomic E-state index is -0.515. The van der Waals surface area contributed by atoms with Crippen LogP contribution in [0.25, 0.3) is 10.9 Å². The molecule has 1 aromatic heterocycles. The number of benzene rings is 1. The summed E-state index contributed by atoms with van der Waals surface area (Å²) in [6.45, 7) is 0.890. The van der Waals surface area contributed by atoms with Crippen molar-refractivity contribution in [3.63, 3.8) is 0 Å². The van der Waals surface area contributed by atoms with Crippen LogP contribution in [-0.4, -0.2) is 48.0 Å². The lowest BCUT2D eigenvalue weighted by molar-refractivity contribution is -0.115. The van der Waals surface area contributed by atoms with Gasteiger partial charge in [-0.2, -0.15) is 0 Å². The van der Waals surface area contributed by atoms with E-state index in [1.807, 2.05) is 0 Å². The summed E-state index contributed by atoms with van der Waals surface area (Å²) < 4.78 is 11.2. The fraction of sp³-hybridized carbons (Fsp3) is 0.375. The lowest BCUT2D eigenvalue weighted by atomic mass is 10.1. The summed E-state index contributed by atoms with van der Waals surface area (Å²) in [6, 6.07) is 4.57. The van der Waals surface area contributed by atoms with Crippen molar-refractivity contribution < 1.29 is 19.1 Å². The number of nitrogens with zero attached hydrogens (tertiary/aromatic N) is 2. The third kappa shape index (κ3) is 4.58. The first kappa shape index (κ1) is 18.9. The molecule has 1 aromatic carbocycles. The molecule has 9 heteroatoms. The average Bonchev–Trinajstić information content (AvgIpc) is 2.60. The summed E-state index contributed by atoms with van der Waals surface area (Å²) in [5, 5.41) is 0.753. The van der Waals surface area contributed by atoms with E-state index in [1.54, 1.807) is 13.2 Å². The molecule has 1 heterocycles. The van der Waals surface area contributed by atoms with Crippen LogP contribution < -0.4 is 11.3 Å². The number of carbonyl (C=O) groups is 2. The smallest absolute Gasteiger partial charge is 0.337 e. The Bertz CT molecular complexity index is 850. The third-order valence-electron chi connectivity index (χ3n) is 3.42. The van der Waals surface area contributed by atoms with Crippen LogP contribution in [0.2, 0.25) is 0 Å². The Labute approximate surface area is 148 Å². The van der Waals surface area contributed by atoms with Crippen LogP contribution in [0, 0.1) is 0 Å².